The van der Waals surface area contributed by atoms with E-state index < -0.39 is 0 Å². The van der Waals surface area contributed by atoms with Crippen LogP contribution in [0.5, 0.6) is 0 Å². The van der Waals surface area contributed by atoms with Gasteiger partial charge in [0.15, 0.2) is 0 Å². The molecule has 0 radical (unpaired) electrons. The molecular weight excluding hydrogens is 164 g/mol. The zero-order valence-corrected chi connectivity index (χ0v) is 7.88. The zero-order valence-electron chi connectivity index (χ0n) is 7.88. The van der Waals surface area contributed by atoms with Gasteiger partial charge in [0.25, 0.3) is 0 Å². The van der Waals surface area contributed by atoms with Crippen LogP contribution >= 0.6 is 0 Å². The number of rotatable bonds is 5. The van der Waals surface area contributed by atoms with Crippen LogP contribution in [0.4, 0.5) is 5.69 Å². The lowest BCUT2D eigenvalue weighted by atomic mass is 10.1. The van der Waals surface area contributed by atoms with Crippen molar-refractivity contribution in [2.45, 2.75) is 13.3 Å². The van der Waals surface area contributed by atoms with E-state index in [2.05, 4.69) is 10.9 Å². The molecule has 0 aliphatic carbocycles. The maximum Gasteiger partial charge on any atom is 0.0487 e. The number of hydrogen-bond acceptors (Lipinski definition) is 3. The molecule has 72 valence electrons. The summed E-state index contributed by atoms with van der Waals surface area (Å²) in [5.41, 5.74) is 8.27. The molecule has 0 heterocycles. The minimum atomic E-state index is 0.208. The van der Waals surface area contributed by atoms with Gasteiger partial charge in [-0.05, 0) is 24.1 Å². The summed E-state index contributed by atoms with van der Waals surface area (Å²) in [7, 11) is 0. The van der Waals surface area contributed by atoms with Crippen LogP contribution in [0.1, 0.15) is 12.5 Å². The van der Waals surface area contributed by atoms with E-state index in [-0.39, 0.29) is 6.61 Å². The Kier molecular flexibility index (Phi) is 4.29. The predicted octanol–water partition coefficient (Wildman–Crippen LogP) is 1.16. The van der Waals surface area contributed by atoms with Gasteiger partial charge in [-0.1, -0.05) is 19.1 Å². The van der Waals surface area contributed by atoms with E-state index in [0.717, 1.165) is 24.2 Å². The van der Waals surface area contributed by atoms with Crippen molar-refractivity contribution in [1.82, 2.24) is 5.43 Å². The van der Waals surface area contributed by atoms with Gasteiger partial charge in [-0.25, -0.2) is 5.43 Å². The Balaban J connectivity index is 2.48. The first-order valence-electron chi connectivity index (χ1n) is 4.55. The summed E-state index contributed by atoms with van der Waals surface area (Å²) in [6, 6.07) is 8.01. The van der Waals surface area contributed by atoms with Crippen molar-refractivity contribution >= 4 is 5.69 Å². The van der Waals surface area contributed by atoms with Gasteiger partial charge in [0, 0.05) is 18.8 Å². The Bertz CT molecular complexity index is 233. The standard InChI is InChI=1S/C10H16N2O/c1-2-11-12-10-5-3-9(4-6-10)7-8-13/h3-6,11-13H,2,7-8H2,1H3. The zero-order chi connectivity index (χ0) is 9.52. The van der Waals surface area contributed by atoms with Crippen molar-refractivity contribution in [2.24, 2.45) is 0 Å². The number of benzene rings is 1. The highest BCUT2D eigenvalue weighted by atomic mass is 16.2. The van der Waals surface area contributed by atoms with Gasteiger partial charge in [-0.3, -0.25) is 0 Å². The number of hydrazine groups is 1. The fourth-order valence-corrected chi connectivity index (χ4v) is 1.07. The molecule has 13 heavy (non-hydrogen) atoms. The monoisotopic (exact) mass is 180 g/mol. The molecule has 0 aromatic heterocycles. The highest BCUT2D eigenvalue weighted by Crippen LogP contribution is 2.08. The van der Waals surface area contributed by atoms with Crippen molar-refractivity contribution in [2.75, 3.05) is 18.6 Å². The highest BCUT2D eigenvalue weighted by molar-refractivity contribution is 5.43. The number of aliphatic hydroxyl groups is 1. The van der Waals surface area contributed by atoms with Gasteiger partial charge in [0.05, 0.1) is 0 Å². The van der Waals surface area contributed by atoms with Crippen molar-refractivity contribution in [3.8, 4) is 0 Å². The van der Waals surface area contributed by atoms with Crippen molar-refractivity contribution in [1.29, 1.82) is 0 Å². The molecule has 0 unspecified atom stereocenters. The van der Waals surface area contributed by atoms with E-state index >= 15 is 0 Å². The second-order valence-corrected chi connectivity index (χ2v) is 2.83. The van der Waals surface area contributed by atoms with Crippen LogP contribution in [0.2, 0.25) is 0 Å². The Labute approximate surface area is 78.8 Å². The molecule has 3 N–H and O–H groups in total. The van der Waals surface area contributed by atoms with Crippen LogP contribution in [-0.2, 0) is 6.42 Å². The molecule has 0 fully saturated rings. The van der Waals surface area contributed by atoms with E-state index in [0.29, 0.717) is 0 Å². The molecule has 0 bridgehead atoms. The summed E-state index contributed by atoms with van der Waals surface area (Å²) < 4.78 is 0. The molecule has 0 aliphatic rings. The van der Waals surface area contributed by atoms with Crippen molar-refractivity contribution in [3.63, 3.8) is 0 Å². The molecule has 0 amide bonds. The van der Waals surface area contributed by atoms with Crippen LogP contribution < -0.4 is 10.9 Å². The molecule has 0 saturated carbocycles. The largest absolute Gasteiger partial charge is 0.396 e. The van der Waals surface area contributed by atoms with E-state index in [4.69, 9.17) is 5.11 Å². The lowest BCUT2D eigenvalue weighted by Gasteiger charge is -2.06. The third-order valence-corrected chi connectivity index (χ3v) is 1.76. The van der Waals surface area contributed by atoms with Crippen molar-refractivity contribution < 1.29 is 5.11 Å². The fourth-order valence-electron chi connectivity index (χ4n) is 1.07. The van der Waals surface area contributed by atoms with E-state index in [1.54, 1.807) is 0 Å². The van der Waals surface area contributed by atoms with E-state index in [1.807, 2.05) is 31.2 Å². The van der Waals surface area contributed by atoms with Crippen LogP contribution in [0, 0.1) is 0 Å². The lowest BCUT2D eigenvalue weighted by molar-refractivity contribution is 0.299. The van der Waals surface area contributed by atoms with Crippen molar-refractivity contribution in [3.05, 3.63) is 29.8 Å². The van der Waals surface area contributed by atoms with Gasteiger partial charge in [0.2, 0.25) is 0 Å². The first-order valence-corrected chi connectivity index (χ1v) is 4.55. The second kappa shape index (κ2) is 5.56. The molecule has 1 aromatic carbocycles. The smallest absolute Gasteiger partial charge is 0.0487 e. The molecule has 3 heteroatoms. The number of aliphatic hydroxyl groups excluding tert-OH is 1. The maximum absolute atomic E-state index is 8.70. The first kappa shape index (κ1) is 10.0. The quantitative estimate of drug-likeness (QED) is 0.596. The predicted molar refractivity (Wildman–Crippen MR) is 54.5 cm³/mol. The van der Waals surface area contributed by atoms with Crippen LogP contribution in [-0.4, -0.2) is 18.3 Å². The SMILES string of the molecule is CCNNc1ccc(CCO)cc1. The lowest BCUT2D eigenvalue weighted by Crippen LogP contribution is -2.20. The van der Waals surface area contributed by atoms with Crippen LogP contribution in [0.15, 0.2) is 24.3 Å². The summed E-state index contributed by atoms with van der Waals surface area (Å²) in [4.78, 5) is 0. The molecule has 0 aliphatic heterocycles. The summed E-state index contributed by atoms with van der Waals surface area (Å²) in [5.74, 6) is 0. The third kappa shape index (κ3) is 3.44. The molecule has 0 atom stereocenters. The number of anilines is 1. The summed E-state index contributed by atoms with van der Waals surface area (Å²) in [6.45, 7) is 3.13. The summed E-state index contributed by atoms with van der Waals surface area (Å²) in [5, 5.41) is 8.70. The Morgan fingerprint density at radius 3 is 2.46 bits per heavy atom. The molecular formula is C10H16N2O. The summed E-state index contributed by atoms with van der Waals surface area (Å²) >= 11 is 0. The van der Waals surface area contributed by atoms with Gasteiger partial charge in [0.1, 0.15) is 0 Å². The van der Waals surface area contributed by atoms with Gasteiger partial charge in [-0.2, -0.15) is 0 Å². The third-order valence-electron chi connectivity index (χ3n) is 1.76. The minimum Gasteiger partial charge on any atom is -0.396 e. The number of nitrogens with one attached hydrogen (secondary N) is 2. The average Bonchev–Trinajstić information content (AvgIpc) is 2.17. The minimum absolute atomic E-state index is 0.208. The molecule has 1 aromatic rings. The van der Waals surface area contributed by atoms with Gasteiger partial charge >= 0.3 is 0 Å². The molecule has 0 saturated heterocycles. The normalized spacial score (nSPS) is 10.0. The highest BCUT2D eigenvalue weighted by Gasteiger charge is 1.92. The van der Waals surface area contributed by atoms with Crippen LogP contribution in [0.3, 0.4) is 0 Å². The van der Waals surface area contributed by atoms with E-state index in [9.17, 15) is 0 Å². The first-order chi connectivity index (χ1) is 6.36. The maximum atomic E-state index is 8.70. The van der Waals surface area contributed by atoms with Gasteiger partial charge in [-0.15, -0.1) is 0 Å². The molecule has 3 nitrogen and oxygen atoms in total. The Morgan fingerprint density at radius 1 is 1.23 bits per heavy atom. The van der Waals surface area contributed by atoms with Crippen LogP contribution in [0.25, 0.3) is 0 Å². The Hall–Kier alpha value is -1.06. The fraction of sp³-hybridized carbons (Fsp3) is 0.400. The second-order valence-electron chi connectivity index (χ2n) is 2.83. The average molecular weight is 180 g/mol. The molecule has 0 spiro atoms. The van der Waals surface area contributed by atoms with Gasteiger partial charge < -0.3 is 10.5 Å². The van der Waals surface area contributed by atoms with E-state index in [1.165, 1.54) is 0 Å². The number of hydrogen-bond donors (Lipinski definition) is 3. The topological polar surface area (TPSA) is 44.3 Å². The molecule has 1 rings (SSSR count). The summed E-state index contributed by atoms with van der Waals surface area (Å²) in [6.07, 6.45) is 0.724. The Morgan fingerprint density at radius 2 is 1.92 bits per heavy atom.